The van der Waals surface area contributed by atoms with Crippen LogP contribution in [0.2, 0.25) is 0 Å². The van der Waals surface area contributed by atoms with E-state index in [0.717, 1.165) is 11.5 Å². The van der Waals surface area contributed by atoms with Crippen molar-refractivity contribution in [2.45, 2.75) is 19.9 Å². The smallest absolute Gasteiger partial charge is 0.127 e. The number of benzene rings is 2. The molecule has 0 aliphatic heterocycles. The molecule has 1 unspecified atom stereocenters. The summed E-state index contributed by atoms with van der Waals surface area (Å²) in [4.78, 5) is 2.26. The lowest BCUT2D eigenvalue weighted by atomic mass is 9.95. The second kappa shape index (κ2) is 6.58. The summed E-state index contributed by atoms with van der Waals surface area (Å²) in [7, 11) is 4.25. The monoisotopic (exact) mass is 269 g/mol. The van der Waals surface area contributed by atoms with Crippen LogP contribution in [0.3, 0.4) is 0 Å². The maximum atomic E-state index is 5.82. The average molecular weight is 269 g/mol. The molecule has 0 N–H and O–H groups in total. The molecule has 0 aliphatic rings. The number of para-hydroxylation sites is 1. The molecule has 0 fully saturated rings. The second-order valence-corrected chi connectivity index (χ2v) is 5.64. The first kappa shape index (κ1) is 14.6. The normalized spacial score (nSPS) is 12.7. The van der Waals surface area contributed by atoms with Crippen molar-refractivity contribution in [3.8, 4) is 11.5 Å². The Kier molecular flexibility index (Phi) is 4.80. The predicted octanol–water partition coefficient (Wildman–Crippen LogP) is 4.74. The highest BCUT2D eigenvalue weighted by Gasteiger charge is 2.17. The Morgan fingerprint density at radius 2 is 1.35 bits per heavy atom. The van der Waals surface area contributed by atoms with Crippen molar-refractivity contribution in [1.82, 2.24) is 4.90 Å². The molecule has 0 saturated heterocycles. The summed E-state index contributed by atoms with van der Waals surface area (Å²) in [6.45, 7) is 4.50. The molecule has 20 heavy (non-hydrogen) atoms. The first-order valence-corrected chi connectivity index (χ1v) is 7.07. The molecular weight excluding hydrogens is 246 g/mol. The summed E-state index contributed by atoms with van der Waals surface area (Å²) in [5, 5.41) is 0. The molecular formula is C18H23NO. The van der Waals surface area contributed by atoms with Gasteiger partial charge in [0, 0.05) is 6.04 Å². The zero-order chi connectivity index (χ0) is 14.5. The molecule has 2 aromatic carbocycles. The fourth-order valence-corrected chi connectivity index (χ4v) is 2.64. The number of hydrogen-bond acceptors (Lipinski definition) is 2. The molecule has 2 heteroatoms. The lowest BCUT2D eigenvalue weighted by molar-refractivity contribution is 0.235. The van der Waals surface area contributed by atoms with Gasteiger partial charge in [0.15, 0.2) is 0 Å². The average Bonchev–Trinajstić information content (AvgIpc) is 2.41. The molecule has 0 spiro atoms. The molecule has 1 atom stereocenters. The standard InChI is InChI=1S/C18H23NO/c1-14(2)18(19(3)4)15-10-12-17(13-11-15)20-16-8-6-5-7-9-16/h5-14,18H,1-4H3. The molecule has 0 aliphatic carbocycles. The van der Waals surface area contributed by atoms with Crippen LogP contribution in [0.1, 0.15) is 25.5 Å². The van der Waals surface area contributed by atoms with Gasteiger partial charge in [-0.15, -0.1) is 0 Å². The van der Waals surface area contributed by atoms with Crippen molar-refractivity contribution in [3.05, 3.63) is 60.2 Å². The van der Waals surface area contributed by atoms with Gasteiger partial charge in [-0.25, -0.2) is 0 Å². The van der Waals surface area contributed by atoms with Gasteiger partial charge in [0.2, 0.25) is 0 Å². The van der Waals surface area contributed by atoms with E-state index in [1.54, 1.807) is 0 Å². The van der Waals surface area contributed by atoms with Gasteiger partial charge in [0.1, 0.15) is 11.5 Å². The maximum absolute atomic E-state index is 5.82. The van der Waals surface area contributed by atoms with Gasteiger partial charge >= 0.3 is 0 Å². The van der Waals surface area contributed by atoms with Gasteiger partial charge in [-0.2, -0.15) is 0 Å². The number of ether oxygens (including phenoxy) is 1. The Morgan fingerprint density at radius 3 is 1.85 bits per heavy atom. The number of hydrogen-bond donors (Lipinski definition) is 0. The van der Waals surface area contributed by atoms with Crippen LogP contribution in [0.5, 0.6) is 11.5 Å². The predicted molar refractivity (Wildman–Crippen MR) is 84.2 cm³/mol. The number of nitrogens with zero attached hydrogens (tertiary/aromatic N) is 1. The lowest BCUT2D eigenvalue weighted by Gasteiger charge is -2.28. The highest BCUT2D eigenvalue weighted by Crippen LogP contribution is 2.29. The molecule has 2 rings (SSSR count). The summed E-state index contributed by atoms with van der Waals surface area (Å²) in [5.41, 5.74) is 1.32. The van der Waals surface area contributed by atoms with Crippen LogP contribution in [-0.2, 0) is 0 Å². The van der Waals surface area contributed by atoms with Crippen LogP contribution in [0, 0.1) is 5.92 Å². The molecule has 0 heterocycles. The first-order chi connectivity index (χ1) is 9.58. The third-order valence-electron chi connectivity index (χ3n) is 3.39. The van der Waals surface area contributed by atoms with Gasteiger partial charge < -0.3 is 9.64 Å². The minimum atomic E-state index is 0.431. The van der Waals surface area contributed by atoms with Crippen LogP contribution >= 0.6 is 0 Å². The van der Waals surface area contributed by atoms with Gasteiger partial charge in [0.05, 0.1) is 0 Å². The summed E-state index contributed by atoms with van der Waals surface area (Å²) in [5.74, 6) is 2.32. The quantitative estimate of drug-likeness (QED) is 0.777. The van der Waals surface area contributed by atoms with Crippen molar-refractivity contribution in [3.63, 3.8) is 0 Å². The van der Waals surface area contributed by atoms with Crippen molar-refractivity contribution < 1.29 is 4.74 Å². The van der Waals surface area contributed by atoms with Gasteiger partial charge in [-0.05, 0) is 49.8 Å². The van der Waals surface area contributed by atoms with E-state index in [9.17, 15) is 0 Å². The van der Waals surface area contributed by atoms with Crippen LogP contribution < -0.4 is 4.74 Å². The summed E-state index contributed by atoms with van der Waals surface area (Å²) < 4.78 is 5.82. The fraction of sp³-hybridized carbons (Fsp3) is 0.333. The minimum absolute atomic E-state index is 0.431. The van der Waals surface area contributed by atoms with Gasteiger partial charge in [-0.3, -0.25) is 0 Å². The summed E-state index contributed by atoms with van der Waals surface area (Å²) in [6, 6.07) is 18.7. The first-order valence-electron chi connectivity index (χ1n) is 7.07. The van der Waals surface area contributed by atoms with E-state index < -0.39 is 0 Å². The van der Waals surface area contributed by atoms with Crippen LogP contribution in [-0.4, -0.2) is 19.0 Å². The second-order valence-electron chi connectivity index (χ2n) is 5.64. The summed E-state index contributed by atoms with van der Waals surface area (Å²) in [6.07, 6.45) is 0. The van der Waals surface area contributed by atoms with Crippen LogP contribution in [0.15, 0.2) is 54.6 Å². The largest absolute Gasteiger partial charge is 0.457 e. The van der Waals surface area contributed by atoms with E-state index in [1.165, 1.54) is 5.56 Å². The third-order valence-corrected chi connectivity index (χ3v) is 3.39. The Morgan fingerprint density at radius 1 is 0.800 bits per heavy atom. The van der Waals surface area contributed by atoms with Crippen molar-refractivity contribution in [2.75, 3.05) is 14.1 Å². The zero-order valence-electron chi connectivity index (χ0n) is 12.7. The Hall–Kier alpha value is -1.80. The topological polar surface area (TPSA) is 12.5 Å². The lowest BCUT2D eigenvalue weighted by Crippen LogP contribution is -2.24. The molecule has 0 saturated carbocycles. The fourth-order valence-electron chi connectivity index (χ4n) is 2.64. The van der Waals surface area contributed by atoms with Crippen molar-refractivity contribution in [2.24, 2.45) is 5.92 Å². The Bertz CT molecular complexity index is 509. The Labute approximate surface area is 122 Å². The van der Waals surface area contributed by atoms with E-state index in [-0.39, 0.29) is 0 Å². The highest BCUT2D eigenvalue weighted by atomic mass is 16.5. The summed E-state index contributed by atoms with van der Waals surface area (Å²) >= 11 is 0. The molecule has 0 bridgehead atoms. The molecule has 0 amide bonds. The molecule has 2 aromatic rings. The highest BCUT2D eigenvalue weighted by molar-refractivity contribution is 5.34. The number of rotatable bonds is 5. The van der Waals surface area contributed by atoms with E-state index in [1.807, 2.05) is 42.5 Å². The van der Waals surface area contributed by atoms with Crippen LogP contribution in [0.25, 0.3) is 0 Å². The van der Waals surface area contributed by atoms with Crippen LogP contribution in [0.4, 0.5) is 0 Å². The van der Waals surface area contributed by atoms with E-state index in [2.05, 4.69) is 45.0 Å². The minimum Gasteiger partial charge on any atom is -0.457 e. The molecule has 2 nitrogen and oxygen atoms in total. The van der Waals surface area contributed by atoms with Gasteiger partial charge in [-0.1, -0.05) is 44.2 Å². The maximum Gasteiger partial charge on any atom is 0.127 e. The van der Waals surface area contributed by atoms with E-state index in [4.69, 9.17) is 4.74 Å². The van der Waals surface area contributed by atoms with E-state index in [0.29, 0.717) is 12.0 Å². The zero-order valence-corrected chi connectivity index (χ0v) is 12.7. The molecule has 0 radical (unpaired) electrons. The SMILES string of the molecule is CC(C)C(c1ccc(Oc2ccccc2)cc1)N(C)C. The van der Waals surface area contributed by atoms with E-state index >= 15 is 0 Å². The Balaban J connectivity index is 2.13. The molecule has 106 valence electrons. The van der Waals surface area contributed by atoms with Crippen molar-refractivity contribution >= 4 is 0 Å². The van der Waals surface area contributed by atoms with Crippen molar-refractivity contribution in [1.29, 1.82) is 0 Å². The molecule has 0 aromatic heterocycles. The van der Waals surface area contributed by atoms with Gasteiger partial charge in [0.25, 0.3) is 0 Å². The third kappa shape index (κ3) is 3.61.